The molecule has 0 N–H and O–H groups in total. The summed E-state index contributed by atoms with van der Waals surface area (Å²) in [6.45, 7) is 4.61. The monoisotopic (exact) mass is 283 g/mol. The molecule has 1 aromatic carbocycles. The van der Waals surface area contributed by atoms with Gasteiger partial charge in [0.05, 0.1) is 11.4 Å². The van der Waals surface area contributed by atoms with Gasteiger partial charge < -0.3 is 4.57 Å². The summed E-state index contributed by atoms with van der Waals surface area (Å²) in [5.41, 5.74) is 2.36. The van der Waals surface area contributed by atoms with Crippen LogP contribution in [0.25, 0.3) is 10.9 Å². The van der Waals surface area contributed by atoms with Crippen molar-refractivity contribution >= 4 is 28.0 Å². The molecule has 0 saturated carbocycles. The molecule has 2 nitrogen and oxygen atoms in total. The third-order valence-electron chi connectivity index (χ3n) is 3.53. The van der Waals surface area contributed by atoms with Crippen molar-refractivity contribution in [1.82, 2.24) is 4.57 Å². The fraction of sp³-hybridized carbons (Fsp3) is 0.235. The van der Waals surface area contributed by atoms with Gasteiger partial charge in [0.2, 0.25) is 0 Å². The number of ketones is 1. The Morgan fingerprint density at radius 2 is 2.05 bits per heavy atom. The van der Waals surface area contributed by atoms with E-state index < -0.39 is 0 Å². The highest BCUT2D eigenvalue weighted by atomic mass is 32.1. The molecule has 20 heavy (non-hydrogen) atoms. The highest BCUT2D eigenvalue weighted by Crippen LogP contribution is 2.21. The number of hydrogen-bond acceptors (Lipinski definition) is 2. The van der Waals surface area contributed by atoms with E-state index in [1.54, 1.807) is 11.3 Å². The number of carbonyl (C=O) groups excluding carboxylic acids is 1. The summed E-state index contributed by atoms with van der Waals surface area (Å²) >= 11 is 1.61. The molecule has 2 heterocycles. The lowest BCUT2D eigenvalue weighted by Crippen LogP contribution is -2.07. The van der Waals surface area contributed by atoms with Gasteiger partial charge in [-0.1, -0.05) is 18.6 Å². The molecule has 3 aromatic rings. The minimum absolute atomic E-state index is 0.188. The Morgan fingerprint density at radius 1 is 1.20 bits per heavy atom. The lowest BCUT2D eigenvalue weighted by molar-refractivity contribution is 0.0977. The highest BCUT2D eigenvalue weighted by Gasteiger charge is 2.11. The van der Waals surface area contributed by atoms with E-state index in [0.717, 1.165) is 16.8 Å². The van der Waals surface area contributed by atoms with E-state index in [4.69, 9.17) is 0 Å². The SMILES string of the molecule is CCc1ccc(C(=O)Cn2ccc3cc(C)ccc32)s1. The smallest absolute Gasteiger partial charge is 0.192 e. The number of fused-ring (bicyclic) bond motifs is 1. The first-order valence-corrected chi connectivity index (χ1v) is 7.66. The van der Waals surface area contributed by atoms with Crippen LogP contribution in [-0.2, 0) is 13.0 Å². The summed E-state index contributed by atoms with van der Waals surface area (Å²) < 4.78 is 2.03. The van der Waals surface area contributed by atoms with Crippen molar-refractivity contribution in [2.24, 2.45) is 0 Å². The average Bonchev–Trinajstić information content (AvgIpc) is 3.05. The van der Waals surface area contributed by atoms with Gasteiger partial charge in [0.1, 0.15) is 0 Å². The van der Waals surface area contributed by atoms with Gasteiger partial charge in [-0.3, -0.25) is 4.79 Å². The molecule has 0 aliphatic heterocycles. The molecule has 0 fully saturated rings. The summed E-state index contributed by atoms with van der Waals surface area (Å²) in [5.74, 6) is 0.188. The van der Waals surface area contributed by atoms with E-state index in [1.165, 1.54) is 15.8 Å². The molecule has 0 spiro atoms. The first-order chi connectivity index (χ1) is 9.67. The van der Waals surface area contributed by atoms with Gasteiger partial charge in [-0.15, -0.1) is 11.3 Å². The number of Topliss-reactive ketones (excluding diaryl/α,β-unsaturated/α-hetero) is 1. The zero-order chi connectivity index (χ0) is 14.1. The molecule has 102 valence electrons. The molecule has 0 aliphatic carbocycles. The number of rotatable bonds is 4. The largest absolute Gasteiger partial charge is 0.340 e. The van der Waals surface area contributed by atoms with Crippen LogP contribution in [0.4, 0.5) is 0 Å². The van der Waals surface area contributed by atoms with Gasteiger partial charge in [-0.05, 0) is 49.1 Å². The Kier molecular flexibility index (Phi) is 3.45. The standard InChI is InChI=1S/C17H17NOS/c1-3-14-5-7-17(20-14)16(19)11-18-9-8-13-10-12(2)4-6-15(13)18/h4-10H,3,11H2,1-2H3. The van der Waals surface area contributed by atoms with Crippen molar-refractivity contribution in [3.05, 3.63) is 57.9 Å². The predicted molar refractivity (Wildman–Crippen MR) is 84.7 cm³/mol. The van der Waals surface area contributed by atoms with Crippen LogP contribution in [0, 0.1) is 6.92 Å². The number of aromatic nitrogens is 1. The molecule has 2 aromatic heterocycles. The van der Waals surface area contributed by atoms with E-state index in [0.29, 0.717) is 6.54 Å². The van der Waals surface area contributed by atoms with E-state index in [9.17, 15) is 4.79 Å². The Labute approximate surface area is 122 Å². The normalized spacial score (nSPS) is 11.1. The van der Waals surface area contributed by atoms with E-state index in [1.807, 2.05) is 16.8 Å². The molecule has 0 atom stereocenters. The van der Waals surface area contributed by atoms with Crippen molar-refractivity contribution in [3.8, 4) is 0 Å². The lowest BCUT2D eigenvalue weighted by Gasteiger charge is -2.04. The minimum atomic E-state index is 0.188. The van der Waals surface area contributed by atoms with Crippen LogP contribution in [0.2, 0.25) is 0 Å². The lowest BCUT2D eigenvalue weighted by atomic mass is 10.2. The number of benzene rings is 1. The molecule has 0 bridgehead atoms. The van der Waals surface area contributed by atoms with Gasteiger partial charge in [-0.2, -0.15) is 0 Å². The van der Waals surface area contributed by atoms with Crippen LogP contribution < -0.4 is 0 Å². The third-order valence-corrected chi connectivity index (χ3v) is 4.80. The molecular formula is C17H17NOS. The quantitative estimate of drug-likeness (QED) is 0.648. The molecule has 3 rings (SSSR count). The Balaban J connectivity index is 1.87. The van der Waals surface area contributed by atoms with Crippen LogP contribution in [0.3, 0.4) is 0 Å². The second kappa shape index (κ2) is 5.25. The third kappa shape index (κ3) is 2.41. The van der Waals surface area contributed by atoms with Gasteiger partial charge in [0.25, 0.3) is 0 Å². The summed E-state index contributed by atoms with van der Waals surface area (Å²) in [4.78, 5) is 14.5. The maximum atomic E-state index is 12.3. The fourth-order valence-corrected chi connectivity index (χ4v) is 3.29. The van der Waals surface area contributed by atoms with Crippen molar-refractivity contribution < 1.29 is 4.79 Å². The maximum Gasteiger partial charge on any atom is 0.192 e. The van der Waals surface area contributed by atoms with Crippen molar-refractivity contribution in [2.45, 2.75) is 26.8 Å². The zero-order valence-electron chi connectivity index (χ0n) is 11.7. The van der Waals surface area contributed by atoms with Crippen LogP contribution in [0.1, 0.15) is 27.0 Å². The fourth-order valence-electron chi connectivity index (χ4n) is 2.41. The van der Waals surface area contributed by atoms with E-state index in [2.05, 4.69) is 44.2 Å². The number of nitrogens with zero attached hydrogens (tertiary/aromatic N) is 1. The first-order valence-electron chi connectivity index (χ1n) is 6.85. The Bertz CT molecular complexity index is 766. The topological polar surface area (TPSA) is 22.0 Å². The highest BCUT2D eigenvalue weighted by molar-refractivity contribution is 7.14. The predicted octanol–water partition coefficient (Wildman–Crippen LogP) is 4.46. The van der Waals surface area contributed by atoms with Gasteiger partial charge in [0, 0.05) is 16.6 Å². The minimum Gasteiger partial charge on any atom is -0.340 e. The number of aryl methyl sites for hydroxylation is 2. The zero-order valence-corrected chi connectivity index (χ0v) is 12.5. The van der Waals surface area contributed by atoms with E-state index in [-0.39, 0.29) is 5.78 Å². The summed E-state index contributed by atoms with van der Waals surface area (Å²) in [7, 11) is 0. The second-order valence-electron chi connectivity index (χ2n) is 5.05. The summed E-state index contributed by atoms with van der Waals surface area (Å²) in [6.07, 6.45) is 2.99. The Hall–Kier alpha value is -1.87. The van der Waals surface area contributed by atoms with Crippen molar-refractivity contribution in [3.63, 3.8) is 0 Å². The molecule has 0 aliphatic rings. The van der Waals surface area contributed by atoms with Gasteiger partial charge in [0.15, 0.2) is 5.78 Å². The van der Waals surface area contributed by atoms with Gasteiger partial charge >= 0.3 is 0 Å². The molecule has 0 saturated heterocycles. The van der Waals surface area contributed by atoms with Crippen LogP contribution in [0.5, 0.6) is 0 Å². The maximum absolute atomic E-state index is 12.3. The molecule has 3 heteroatoms. The van der Waals surface area contributed by atoms with Crippen LogP contribution >= 0.6 is 11.3 Å². The second-order valence-corrected chi connectivity index (χ2v) is 6.22. The van der Waals surface area contributed by atoms with Crippen LogP contribution in [-0.4, -0.2) is 10.4 Å². The molecule has 0 unspecified atom stereocenters. The van der Waals surface area contributed by atoms with E-state index >= 15 is 0 Å². The molecule has 0 radical (unpaired) electrons. The van der Waals surface area contributed by atoms with Crippen molar-refractivity contribution in [1.29, 1.82) is 0 Å². The molecule has 0 amide bonds. The average molecular weight is 283 g/mol. The number of carbonyl (C=O) groups is 1. The summed E-state index contributed by atoms with van der Waals surface area (Å²) in [5, 5.41) is 1.19. The van der Waals surface area contributed by atoms with Crippen LogP contribution in [0.15, 0.2) is 42.6 Å². The number of thiophene rings is 1. The number of hydrogen-bond donors (Lipinski definition) is 0. The first kappa shape index (κ1) is 13.1. The summed E-state index contributed by atoms with van der Waals surface area (Å²) in [6, 6.07) is 12.4. The van der Waals surface area contributed by atoms with Gasteiger partial charge in [-0.25, -0.2) is 0 Å². The molecular weight excluding hydrogens is 266 g/mol. The Morgan fingerprint density at radius 3 is 2.80 bits per heavy atom. The van der Waals surface area contributed by atoms with Crippen molar-refractivity contribution in [2.75, 3.05) is 0 Å².